The van der Waals surface area contributed by atoms with Crippen LogP contribution in [0, 0.1) is 15.3 Å². The number of halogens is 2. The van der Waals surface area contributed by atoms with Crippen LogP contribution >= 0.6 is 22.6 Å². The highest BCUT2D eigenvalue weighted by atomic mass is 127. The van der Waals surface area contributed by atoms with E-state index in [1.54, 1.807) is 30.3 Å². The van der Waals surface area contributed by atoms with Crippen molar-refractivity contribution >= 4 is 58.0 Å². The molecule has 0 unspecified atom stereocenters. The fraction of sp³-hybridized carbons (Fsp3) is 0.0588. The molecule has 0 spiro atoms. The Bertz CT molecular complexity index is 883. The second kappa shape index (κ2) is 7.09. The number of para-hydroxylation sites is 1. The van der Waals surface area contributed by atoms with Crippen molar-refractivity contribution in [3.8, 4) is 0 Å². The molecule has 8 heteroatoms. The summed E-state index contributed by atoms with van der Waals surface area (Å²) in [5.41, 5.74) is 0.334. The predicted molar refractivity (Wildman–Crippen MR) is 98.2 cm³/mol. The van der Waals surface area contributed by atoms with Crippen LogP contribution in [0.2, 0.25) is 0 Å². The highest BCUT2D eigenvalue weighted by Gasteiger charge is 2.40. The molecule has 1 atom stereocenters. The van der Waals surface area contributed by atoms with E-state index in [9.17, 15) is 18.8 Å². The molecule has 2 aromatic carbocycles. The molecule has 3 rings (SSSR count). The lowest BCUT2D eigenvalue weighted by atomic mass is 10.1. The largest absolute Gasteiger partial charge is 0.335 e. The molecule has 0 aromatic heterocycles. The van der Waals surface area contributed by atoms with Crippen molar-refractivity contribution in [1.29, 1.82) is 0 Å². The zero-order valence-electron chi connectivity index (χ0n) is 12.6. The Morgan fingerprint density at radius 3 is 2.44 bits per heavy atom. The SMILES string of the molecule is O=C1NC(=O)N(c2ccc(I)cc2)C(=O)[C@H]1C=Nc1ccccc1F. The van der Waals surface area contributed by atoms with Crippen LogP contribution in [0.5, 0.6) is 0 Å². The maximum Gasteiger partial charge on any atom is 0.335 e. The second-order valence-corrected chi connectivity index (χ2v) is 6.40. The van der Waals surface area contributed by atoms with Gasteiger partial charge < -0.3 is 0 Å². The van der Waals surface area contributed by atoms with Gasteiger partial charge in [0.2, 0.25) is 5.91 Å². The van der Waals surface area contributed by atoms with E-state index in [1.165, 1.54) is 18.2 Å². The number of anilines is 1. The van der Waals surface area contributed by atoms with Gasteiger partial charge in [0, 0.05) is 9.78 Å². The Morgan fingerprint density at radius 2 is 1.76 bits per heavy atom. The van der Waals surface area contributed by atoms with Crippen molar-refractivity contribution in [2.24, 2.45) is 10.9 Å². The number of rotatable bonds is 3. The molecule has 0 saturated carbocycles. The summed E-state index contributed by atoms with van der Waals surface area (Å²) in [6.07, 6.45) is 1.04. The van der Waals surface area contributed by atoms with Crippen molar-refractivity contribution < 1.29 is 18.8 Å². The molecule has 0 aliphatic carbocycles. The molecule has 0 radical (unpaired) electrons. The quantitative estimate of drug-likeness (QED) is 0.443. The average Bonchev–Trinajstić information content (AvgIpc) is 2.57. The third-order valence-electron chi connectivity index (χ3n) is 3.50. The van der Waals surface area contributed by atoms with Crippen LogP contribution in [0.25, 0.3) is 0 Å². The van der Waals surface area contributed by atoms with Gasteiger partial charge in [-0.3, -0.25) is 19.9 Å². The molecule has 25 heavy (non-hydrogen) atoms. The number of hydrogen-bond acceptors (Lipinski definition) is 4. The van der Waals surface area contributed by atoms with Crippen LogP contribution in [0.4, 0.5) is 20.6 Å². The Morgan fingerprint density at radius 1 is 1.08 bits per heavy atom. The van der Waals surface area contributed by atoms with E-state index in [2.05, 4.69) is 32.9 Å². The molecule has 2 aromatic rings. The van der Waals surface area contributed by atoms with Gasteiger partial charge in [-0.25, -0.2) is 14.1 Å². The van der Waals surface area contributed by atoms with Gasteiger partial charge in [-0.15, -0.1) is 0 Å². The number of nitrogens with zero attached hydrogens (tertiary/aromatic N) is 2. The van der Waals surface area contributed by atoms with Gasteiger partial charge in [0.15, 0.2) is 5.92 Å². The van der Waals surface area contributed by atoms with E-state index in [0.717, 1.165) is 14.7 Å². The van der Waals surface area contributed by atoms with Crippen LogP contribution in [0.15, 0.2) is 53.5 Å². The minimum Gasteiger partial charge on any atom is -0.276 e. The molecule has 6 nitrogen and oxygen atoms in total. The lowest BCUT2D eigenvalue weighted by molar-refractivity contribution is -0.131. The maximum atomic E-state index is 13.6. The molecule has 0 bridgehead atoms. The fourth-order valence-corrected chi connectivity index (χ4v) is 2.63. The van der Waals surface area contributed by atoms with Crippen molar-refractivity contribution in [3.05, 3.63) is 57.9 Å². The number of amides is 4. The smallest absolute Gasteiger partial charge is 0.276 e. The number of carbonyl (C=O) groups excluding carboxylic acids is 3. The van der Waals surface area contributed by atoms with Crippen LogP contribution in [0.3, 0.4) is 0 Å². The molecular weight excluding hydrogens is 440 g/mol. The molecule has 1 fully saturated rings. The van der Waals surface area contributed by atoms with Gasteiger partial charge in [-0.1, -0.05) is 12.1 Å². The summed E-state index contributed by atoms with van der Waals surface area (Å²) in [7, 11) is 0. The average molecular weight is 451 g/mol. The number of hydrogen-bond donors (Lipinski definition) is 1. The number of imide groups is 2. The first-order valence-corrected chi connectivity index (χ1v) is 8.28. The van der Waals surface area contributed by atoms with E-state index < -0.39 is 29.6 Å². The third-order valence-corrected chi connectivity index (χ3v) is 4.22. The summed E-state index contributed by atoms with van der Waals surface area (Å²) in [6.45, 7) is 0. The molecular formula is C17H11FIN3O3. The van der Waals surface area contributed by atoms with Crippen molar-refractivity contribution in [2.45, 2.75) is 0 Å². The summed E-state index contributed by atoms with van der Waals surface area (Å²) in [5, 5.41) is 2.11. The minimum atomic E-state index is -1.32. The summed E-state index contributed by atoms with van der Waals surface area (Å²) in [6, 6.07) is 11.6. The van der Waals surface area contributed by atoms with Crippen molar-refractivity contribution in [2.75, 3.05) is 4.90 Å². The highest BCUT2D eigenvalue weighted by Crippen LogP contribution is 2.22. The standard InChI is InChI=1S/C17H11FIN3O3/c18-13-3-1-2-4-14(13)20-9-12-15(23)21-17(25)22(16(12)24)11-7-5-10(19)6-8-11/h1-9,12H,(H,21,23,25)/t12-/m0/s1. The normalized spacial score (nSPS) is 17.9. The molecule has 1 aliphatic heterocycles. The number of benzene rings is 2. The van der Waals surface area contributed by atoms with Crippen molar-refractivity contribution in [1.82, 2.24) is 5.32 Å². The van der Waals surface area contributed by atoms with Crippen molar-refractivity contribution in [3.63, 3.8) is 0 Å². The number of aliphatic imine (C=N–C) groups is 1. The van der Waals surface area contributed by atoms with Gasteiger partial charge in [-0.05, 0) is 59.0 Å². The first-order chi connectivity index (χ1) is 12.0. The van der Waals surface area contributed by atoms with Gasteiger partial charge in [0.1, 0.15) is 5.82 Å². The lowest BCUT2D eigenvalue weighted by Gasteiger charge is -2.28. The predicted octanol–water partition coefficient (Wildman–Crippen LogP) is 3.03. The molecule has 1 saturated heterocycles. The highest BCUT2D eigenvalue weighted by molar-refractivity contribution is 14.1. The van der Waals surface area contributed by atoms with Gasteiger partial charge in [0.05, 0.1) is 11.4 Å². The number of nitrogens with one attached hydrogen (secondary N) is 1. The number of carbonyl (C=O) groups is 3. The van der Waals surface area contributed by atoms with E-state index >= 15 is 0 Å². The van der Waals surface area contributed by atoms with Gasteiger partial charge >= 0.3 is 6.03 Å². The lowest BCUT2D eigenvalue weighted by Crippen LogP contribution is -2.58. The summed E-state index contributed by atoms with van der Waals surface area (Å²) in [5.74, 6) is -3.43. The first kappa shape index (κ1) is 17.2. The fourth-order valence-electron chi connectivity index (χ4n) is 2.27. The monoisotopic (exact) mass is 451 g/mol. The molecule has 126 valence electrons. The van der Waals surface area contributed by atoms with Crippen LogP contribution < -0.4 is 10.2 Å². The van der Waals surface area contributed by atoms with Gasteiger partial charge in [-0.2, -0.15) is 0 Å². The molecule has 4 amide bonds. The van der Waals surface area contributed by atoms with Crippen LogP contribution in [-0.4, -0.2) is 24.1 Å². The van der Waals surface area contributed by atoms with E-state index in [4.69, 9.17) is 0 Å². The molecule has 1 heterocycles. The molecule has 1 aliphatic rings. The van der Waals surface area contributed by atoms with E-state index in [1.807, 2.05) is 0 Å². The maximum absolute atomic E-state index is 13.6. The zero-order chi connectivity index (χ0) is 18.0. The Kier molecular flexibility index (Phi) is 4.88. The topological polar surface area (TPSA) is 78.8 Å². The summed E-state index contributed by atoms with van der Waals surface area (Å²) < 4.78 is 14.5. The summed E-state index contributed by atoms with van der Waals surface area (Å²) >= 11 is 2.09. The van der Waals surface area contributed by atoms with Crippen LogP contribution in [-0.2, 0) is 9.59 Å². The minimum absolute atomic E-state index is 0.000754. The number of barbiturate groups is 1. The van der Waals surface area contributed by atoms with E-state index in [-0.39, 0.29) is 5.69 Å². The second-order valence-electron chi connectivity index (χ2n) is 5.15. The Labute approximate surface area is 155 Å². The van der Waals surface area contributed by atoms with Crippen LogP contribution in [0.1, 0.15) is 0 Å². The molecule has 1 N–H and O–H groups in total. The first-order valence-electron chi connectivity index (χ1n) is 7.20. The third kappa shape index (κ3) is 3.58. The Hall–Kier alpha value is -2.62. The van der Waals surface area contributed by atoms with E-state index in [0.29, 0.717) is 5.69 Å². The zero-order valence-corrected chi connectivity index (χ0v) is 14.8. The summed E-state index contributed by atoms with van der Waals surface area (Å²) in [4.78, 5) is 41.4. The Balaban J connectivity index is 1.90. The number of urea groups is 1. The van der Waals surface area contributed by atoms with Gasteiger partial charge in [0.25, 0.3) is 5.91 Å².